The van der Waals surface area contributed by atoms with Gasteiger partial charge in [-0.3, -0.25) is 10.1 Å². The van der Waals surface area contributed by atoms with Crippen LogP contribution in [0.25, 0.3) is 0 Å². The predicted octanol–water partition coefficient (Wildman–Crippen LogP) is 2.82. The molecule has 0 N–H and O–H groups in total. The van der Waals surface area contributed by atoms with Crippen molar-refractivity contribution in [1.82, 2.24) is 0 Å². The Labute approximate surface area is 76.3 Å². The van der Waals surface area contributed by atoms with E-state index >= 15 is 0 Å². The van der Waals surface area contributed by atoms with Gasteiger partial charge in [-0.2, -0.15) is 0 Å². The van der Waals surface area contributed by atoms with Crippen LogP contribution in [0, 0.1) is 10.1 Å². The van der Waals surface area contributed by atoms with Crippen LogP contribution in [0.4, 0.5) is 20.3 Å². The third-order valence-corrected chi connectivity index (χ3v) is 1.55. The molecule has 0 amide bonds. The molecule has 0 heterocycles. The lowest BCUT2D eigenvalue weighted by molar-refractivity contribution is -0.384. The Morgan fingerprint density at radius 2 is 2.08 bits per heavy atom. The summed E-state index contributed by atoms with van der Waals surface area (Å²) >= 11 is 5.40. The molecule has 0 saturated heterocycles. The van der Waals surface area contributed by atoms with Gasteiger partial charge in [-0.05, 0) is 17.5 Å². The summed E-state index contributed by atoms with van der Waals surface area (Å²) in [5.41, 5.74) is -1.51. The first-order chi connectivity index (χ1) is 6.02. The highest BCUT2D eigenvalue weighted by molar-refractivity contribution is 6.30. The smallest absolute Gasteiger partial charge is 0.258 e. The van der Waals surface area contributed by atoms with Crippen LogP contribution >= 0.6 is 11.6 Å². The van der Waals surface area contributed by atoms with Gasteiger partial charge < -0.3 is 0 Å². The summed E-state index contributed by atoms with van der Waals surface area (Å²) in [5.74, 6) is 0. The maximum Gasteiger partial charge on any atom is 0.299 e. The standard InChI is InChI=1S/C6H3ClF2N2O2/c7-4-1-2-5(10(8)9)6(3-4)11(12)13/h1-3H. The summed E-state index contributed by atoms with van der Waals surface area (Å²) < 4.78 is 24.0. The number of rotatable bonds is 2. The summed E-state index contributed by atoms with van der Waals surface area (Å²) in [6.45, 7) is 0. The average Bonchev–Trinajstić information content (AvgIpc) is 2.03. The van der Waals surface area contributed by atoms with Gasteiger partial charge in [0.05, 0.1) is 4.92 Å². The fourth-order valence-corrected chi connectivity index (χ4v) is 0.952. The van der Waals surface area contributed by atoms with Crippen LogP contribution < -0.4 is 5.34 Å². The van der Waals surface area contributed by atoms with Crippen LogP contribution in [-0.2, 0) is 0 Å². The Kier molecular flexibility index (Phi) is 2.62. The normalized spacial score (nSPS) is 9.77. The zero-order valence-electron chi connectivity index (χ0n) is 6.08. The topological polar surface area (TPSA) is 46.4 Å². The van der Waals surface area contributed by atoms with E-state index in [1.165, 1.54) is 0 Å². The van der Waals surface area contributed by atoms with Gasteiger partial charge in [0.25, 0.3) is 5.69 Å². The maximum atomic E-state index is 12.0. The van der Waals surface area contributed by atoms with Gasteiger partial charge in [-0.25, -0.2) is 0 Å². The zero-order chi connectivity index (χ0) is 10.0. The number of nitro benzene ring substituents is 1. The van der Waals surface area contributed by atoms with Crippen molar-refractivity contribution < 1.29 is 13.9 Å². The Balaban J connectivity index is 3.27. The van der Waals surface area contributed by atoms with E-state index in [0.717, 1.165) is 18.2 Å². The van der Waals surface area contributed by atoms with Crippen molar-refractivity contribution in [3.63, 3.8) is 0 Å². The number of benzene rings is 1. The molecular weight excluding hydrogens is 206 g/mol. The Bertz CT molecular complexity index is 345. The molecule has 1 rings (SSSR count). The van der Waals surface area contributed by atoms with Gasteiger partial charge in [0, 0.05) is 11.1 Å². The minimum Gasteiger partial charge on any atom is -0.258 e. The van der Waals surface area contributed by atoms with Crippen molar-refractivity contribution in [2.75, 3.05) is 5.34 Å². The quantitative estimate of drug-likeness (QED) is 0.427. The minimum absolute atomic E-state index is 0.0392. The molecule has 0 bridgehead atoms. The summed E-state index contributed by atoms with van der Waals surface area (Å²) in [5, 5.41) is 8.98. The number of nitro groups is 1. The molecule has 0 aromatic heterocycles. The van der Waals surface area contributed by atoms with E-state index in [1.54, 1.807) is 0 Å². The molecular formula is C6H3ClF2N2O2. The first-order valence-corrected chi connectivity index (χ1v) is 3.46. The molecule has 4 nitrogen and oxygen atoms in total. The fraction of sp³-hybridized carbons (Fsp3) is 0. The molecule has 0 radical (unpaired) electrons. The second-order valence-corrected chi connectivity index (χ2v) is 2.56. The van der Waals surface area contributed by atoms with E-state index < -0.39 is 21.6 Å². The van der Waals surface area contributed by atoms with E-state index in [2.05, 4.69) is 0 Å². The summed E-state index contributed by atoms with van der Waals surface area (Å²) in [4.78, 5) is 9.34. The Hall–Kier alpha value is -1.43. The van der Waals surface area contributed by atoms with Gasteiger partial charge in [-0.15, -0.1) is 0 Å². The lowest BCUT2D eigenvalue weighted by Crippen LogP contribution is -2.00. The first-order valence-electron chi connectivity index (χ1n) is 3.08. The van der Waals surface area contributed by atoms with E-state index in [0.29, 0.717) is 0 Å². The van der Waals surface area contributed by atoms with Crippen LogP contribution in [0.3, 0.4) is 0 Å². The molecule has 1 aromatic carbocycles. The van der Waals surface area contributed by atoms with Gasteiger partial charge >= 0.3 is 0 Å². The maximum absolute atomic E-state index is 12.0. The second-order valence-electron chi connectivity index (χ2n) is 2.12. The lowest BCUT2D eigenvalue weighted by Gasteiger charge is -2.02. The summed E-state index contributed by atoms with van der Waals surface area (Å²) in [7, 11) is 0. The minimum atomic E-state index is -1.32. The van der Waals surface area contributed by atoms with Crippen molar-refractivity contribution in [2.45, 2.75) is 0 Å². The highest BCUT2D eigenvalue weighted by Crippen LogP contribution is 2.31. The summed E-state index contributed by atoms with van der Waals surface area (Å²) in [6, 6.07) is 2.89. The largest absolute Gasteiger partial charge is 0.299 e. The van der Waals surface area contributed by atoms with Gasteiger partial charge in [-0.1, -0.05) is 20.6 Å². The molecule has 70 valence electrons. The van der Waals surface area contributed by atoms with Crippen molar-refractivity contribution in [3.8, 4) is 0 Å². The molecule has 0 aliphatic carbocycles. The molecule has 0 aliphatic heterocycles. The van der Waals surface area contributed by atoms with Crippen LogP contribution in [0.2, 0.25) is 5.02 Å². The highest BCUT2D eigenvalue weighted by atomic mass is 35.5. The molecule has 7 heteroatoms. The van der Waals surface area contributed by atoms with Gasteiger partial charge in [0.15, 0.2) is 5.69 Å². The molecule has 1 aromatic rings. The number of halogens is 3. The van der Waals surface area contributed by atoms with Crippen molar-refractivity contribution in [1.29, 1.82) is 0 Å². The molecule has 0 spiro atoms. The van der Waals surface area contributed by atoms with Crippen molar-refractivity contribution in [2.24, 2.45) is 0 Å². The lowest BCUT2D eigenvalue weighted by atomic mass is 10.3. The molecule has 0 unspecified atom stereocenters. The van der Waals surface area contributed by atoms with Gasteiger partial charge in [0.1, 0.15) is 0 Å². The molecule has 0 saturated carbocycles. The Morgan fingerprint density at radius 3 is 2.54 bits per heavy atom. The van der Waals surface area contributed by atoms with E-state index in [4.69, 9.17) is 11.6 Å². The molecule has 0 aliphatic rings. The number of hydrogen-bond donors (Lipinski definition) is 0. The average molecular weight is 209 g/mol. The molecule has 13 heavy (non-hydrogen) atoms. The van der Waals surface area contributed by atoms with E-state index in [9.17, 15) is 19.1 Å². The van der Waals surface area contributed by atoms with Crippen LogP contribution in [0.1, 0.15) is 0 Å². The van der Waals surface area contributed by atoms with Crippen LogP contribution in [-0.4, -0.2) is 4.92 Å². The zero-order valence-corrected chi connectivity index (χ0v) is 6.83. The predicted molar refractivity (Wildman–Crippen MR) is 42.8 cm³/mol. The molecule has 0 atom stereocenters. The SMILES string of the molecule is O=[N+]([O-])c1cc(Cl)ccc1N(F)F. The fourth-order valence-electron chi connectivity index (χ4n) is 0.786. The highest BCUT2D eigenvalue weighted by Gasteiger charge is 2.19. The third-order valence-electron chi connectivity index (χ3n) is 1.32. The van der Waals surface area contributed by atoms with Crippen molar-refractivity contribution in [3.05, 3.63) is 33.3 Å². The van der Waals surface area contributed by atoms with Crippen LogP contribution in [0.5, 0.6) is 0 Å². The van der Waals surface area contributed by atoms with E-state index in [-0.39, 0.29) is 5.02 Å². The van der Waals surface area contributed by atoms with E-state index in [1.807, 2.05) is 0 Å². The number of hydrogen-bond acceptors (Lipinski definition) is 3. The van der Waals surface area contributed by atoms with Gasteiger partial charge in [0.2, 0.25) is 0 Å². The summed E-state index contributed by atoms with van der Waals surface area (Å²) in [6.07, 6.45) is 0. The Morgan fingerprint density at radius 1 is 1.46 bits per heavy atom. The second kappa shape index (κ2) is 3.53. The monoisotopic (exact) mass is 208 g/mol. The molecule has 0 fully saturated rings. The van der Waals surface area contributed by atoms with Crippen LogP contribution in [0.15, 0.2) is 18.2 Å². The number of nitrogens with zero attached hydrogens (tertiary/aromatic N) is 2. The number of anilines is 1. The first kappa shape index (κ1) is 9.66. The third kappa shape index (κ3) is 2.03. The van der Waals surface area contributed by atoms with Crippen molar-refractivity contribution >= 4 is 23.0 Å².